The van der Waals surface area contributed by atoms with E-state index in [0.29, 0.717) is 5.75 Å². The van der Waals surface area contributed by atoms with Gasteiger partial charge in [-0.15, -0.1) is 11.8 Å². The van der Waals surface area contributed by atoms with Gasteiger partial charge in [-0.3, -0.25) is 0 Å². The van der Waals surface area contributed by atoms with Gasteiger partial charge in [-0.05, 0) is 58.9 Å². The first-order valence-corrected chi connectivity index (χ1v) is 11.2. The standard InChI is InChI=1S/C20H23N5OS2/c1-5-15-10-6-7-11-17(15)21-19(27-4)28-13-16-14(2)9-8-12-18(16)25-20(26)24(3)22-23-25/h6-12H,5,13H2,1-4H3/b21-19-. The third-order valence-electron chi connectivity index (χ3n) is 4.43. The van der Waals surface area contributed by atoms with Crippen LogP contribution in [-0.2, 0) is 19.2 Å². The highest BCUT2D eigenvalue weighted by atomic mass is 32.2. The Balaban J connectivity index is 1.91. The number of benzene rings is 2. The number of thioether (sulfide) groups is 2. The van der Waals surface area contributed by atoms with Gasteiger partial charge in [-0.2, -0.15) is 9.36 Å². The predicted molar refractivity (Wildman–Crippen MR) is 119 cm³/mol. The summed E-state index contributed by atoms with van der Waals surface area (Å²) in [5.74, 6) is 0.693. The number of aliphatic imine (C=N–C) groups is 1. The van der Waals surface area contributed by atoms with Crippen molar-refractivity contribution in [3.63, 3.8) is 0 Å². The van der Waals surface area contributed by atoms with Crippen molar-refractivity contribution in [1.29, 1.82) is 0 Å². The van der Waals surface area contributed by atoms with Gasteiger partial charge in [0.05, 0.1) is 11.4 Å². The van der Waals surface area contributed by atoms with Gasteiger partial charge in [0.1, 0.15) is 4.38 Å². The fraction of sp³-hybridized carbons (Fsp3) is 0.300. The largest absolute Gasteiger partial charge is 0.368 e. The van der Waals surface area contributed by atoms with E-state index >= 15 is 0 Å². The molecule has 146 valence electrons. The molecule has 0 aliphatic rings. The fourth-order valence-corrected chi connectivity index (χ4v) is 4.47. The summed E-state index contributed by atoms with van der Waals surface area (Å²) in [5, 5.41) is 7.83. The number of nitrogens with zero attached hydrogens (tertiary/aromatic N) is 5. The van der Waals surface area contributed by atoms with E-state index in [1.54, 1.807) is 30.6 Å². The van der Waals surface area contributed by atoms with Crippen LogP contribution < -0.4 is 5.69 Å². The van der Waals surface area contributed by atoms with E-state index in [1.165, 1.54) is 14.9 Å². The van der Waals surface area contributed by atoms with Gasteiger partial charge >= 0.3 is 5.69 Å². The summed E-state index contributed by atoms with van der Waals surface area (Å²) in [5.41, 5.74) is 4.92. The molecule has 1 heterocycles. The molecular weight excluding hydrogens is 390 g/mol. The molecule has 3 aromatic rings. The molecule has 0 atom stereocenters. The highest BCUT2D eigenvalue weighted by molar-refractivity contribution is 8.38. The zero-order valence-electron chi connectivity index (χ0n) is 16.4. The number of hydrogen-bond donors (Lipinski definition) is 0. The first-order valence-electron chi connectivity index (χ1n) is 8.96. The maximum atomic E-state index is 12.3. The van der Waals surface area contributed by atoms with E-state index in [9.17, 15) is 4.79 Å². The van der Waals surface area contributed by atoms with Crippen molar-refractivity contribution in [2.45, 2.75) is 26.0 Å². The summed E-state index contributed by atoms with van der Waals surface area (Å²) in [6, 6.07) is 14.1. The van der Waals surface area contributed by atoms with Crippen molar-refractivity contribution in [2.24, 2.45) is 12.0 Å². The summed E-state index contributed by atoms with van der Waals surface area (Å²) in [4.78, 5) is 17.2. The molecule has 0 saturated heterocycles. The van der Waals surface area contributed by atoms with E-state index in [4.69, 9.17) is 4.99 Å². The summed E-state index contributed by atoms with van der Waals surface area (Å²) < 4.78 is 3.57. The third kappa shape index (κ3) is 4.39. The molecule has 0 unspecified atom stereocenters. The lowest BCUT2D eigenvalue weighted by Gasteiger charge is -2.12. The number of tetrazole rings is 1. The number of aryl methyl sites for hydroxylation is 3. The molecule has 0 N–H and O–H groups in total. The van der Waals surface area contributed by atoms with Crippen molar-refractivity contribution in [2.75, 3.05) is 6.26 Å². The minimum absolute atomic E-state index is 0.257. The molecule has 6 nitrogen and oxygen atoms in total. The molecule has 0 aliphatic heterocycles. The summed E-state index contributed by atoms with van der Waals surface area (Å²) in [6.45, 7) is 4.18. The lowest BCUT2D eigenvalue weighted by molar-refractivity contribution is 0.692. The molecule has 1 aromatic heterocycles. The monoisotopic (exact) mass is 413 g/mol. The Morgan fingerprint density at radius 2 is 1.93 bits per heavy atom. The van der Waals surface area contributed by atoms with Crippen molar-refractivity contribution < 1.29 is 0 Å². The second kappa shape index (κ2) is 9.25. The molecule has 2 aromatic carbocycles. The minimum Gasteiger partial charge on any atom is -0.244 e. The number of rotatable bonds is 5. The Hall–Kier alpha value is -2.32. The highest BCUT2D eigenvalue weighted by Crippen LogP contribution is 2.29. The average molecular weight is 414 g/mol. The molecule has 3 rings (SSSR count). The molecule has 0 fully saturated rings. The van der Waals surface area contributed by atoms with Crippen molar-refractivity contribution >= 4 is 33.6 Å². The van der Waals surface area contributed by atoms with E-state index in [2.05, 4.69) is 23.4 Å². The smallest absolute Gasteiger partial charge is 0.244 e. The average Bonchev–Trinajstić information content (AvgIpc) is 3.04. The topological polar surface area (TPSA) is 65.1 Å². The molecule has 0 amide bonds. The molecular formula is C20H23N5OS2. The van der Waals surface area contributed by atoms with Crippen molar-refractivity contribution in [3.8, 4) is 5.69 Å². The lowest BCUT2D eigenvalue weighted by atomic mass is 10.1. The molecule has 0 bridgehead atoms. The molecule has 0 spiro atoms. The van der Waals surface area contributed by atoms with E-state index in [0.717, 1.165) is 33.3 Å². The summed E-state index contributed by atoms with van der Waals surface area (Å²) >= 11 is 3.30. The van der Waals surface area contributed by atoms with Gasteiger partial charge < -0.3 is 0 Å². The molecule has 8 heteroatoms. The van der Waals surface area contributed by atoms with Gasteiger partial charge in [0.25, 0.3) is 0 Å². The van der Waals surface area contributed by atoms with E-state index < -0.39 is 0 Å². The van der Waals surface area contributed by atoms with Gasteiger partial charge in [0.2, 0.25) is 0 Å². The second-order valence-electron chi connectivity index (χ2n) is 6.22. The van der Waals surface area contributed by atoms with E-state index in [1.807, 2.05) is 49.6 Å². The Bertz CT molecular complexity index is 1050. The van der Waals surface area contributed by atoms with Crippen LogP contribution in [0, 0.1) is 6.92 Å². The van der Waals surface area contributed by atoms with Gasteiger partial charge in [-0.1, -0.05) is 49.0 Å². The Kier molecular flexibility index (Phi) is 6.74. The second-order valence-corrected chi connectivity index (χ2v) is 8.24. The minimum atomic E-state index is -0.257. The first-order chi connectivity index (χ1) is 13.5. The van der Waals surface area contributed by atoms with Crippen LogP contribution >= 0.6 is 23.5 Å². The number of para-hydroxylation sites is 1. The normalized spacial score (nSPS) is 11.8. The van der Waals surface area contributed by atoms with Crippen LogP contribution in [-0.4, -0.2) is 30.4 Å². The number of hydrogen-bond acceptors (Lipinski definition) is 6. The molecule has 0 radical (unpaired) electrons. The van der Waals surface area contributed by atoms with Crippen LogP contribution in [0.15, 0.2) is 52.3 Å². The van der Waals surface area contributed by atoms with Crippen LogP contribution in [0.4, 0.5) is 5.69 Å². The summed E-state index contributed by atoms with van der Waals surface area (Å²) in [7, 11) is 1.60. The van der Waals surface area contributed by atoms with Crippen molar-refractivity contribution in [3.05, 3.63) is 69.6 Å². The lowest BCUT2D eigenvalue weighted by Crippen LogP contribution is -2.23. The molecule has 28 heavy (non-hydrogen) atoms. The maximum absolute atomic E-state index is 12.3. The fourth-order valence-electron chi connectivity index (χ4n) is 2.83. The Labute approximate surface area is 173 Å². The Morgan fingerprint density at radius 3 is 2.61 bits per heavy atom. The third-order valence-corrected chi connectivity index (χ3v) is 6.50. The Morgan fingerprint density at radius 1 is 1.14 bits per heavy atom. The van der Waals surface area contributed by atoms with Crippen LogP contribution in [0.5, 0.6) is 0 Å². The maximum Gasteiger partial charge on any atom is 0.368 e. The predicted octanol–water partition coefficient (Wildman–Crippen LogP) is 4.12. The first kappa shape index (κ1) is 20.4. The van der Waals surface area contributed by atoms with Gasteiger partial charge in [-0.25, -0.2) is 9.79 Å². The van der Waals surface area contributed by atoms with E-state index in [-0.39, 0.29) is 5.69 Å². The van der Waals surface area contributed by atoms with Crippen molar-refractivity contribution in [1.82, 2.24) is 19.8 Å². The number of aromatic nitrogens is 4. The van der Waals surface area contributed by atoms with Crippen LogP contribution in [0.3, 0.4) is 0 Å². The zero-order chi connectivity index (χ0) is 20.1. The highest BCUT2D eigenvalue weighted by Gasteiger charge is 2.14. The zero-order valence-corrected chi connectivity index (χ0v) is 18.0. The molecule has 0 saturated carbocycles. The van der Waals surface area contributed by atoms with Gasteiger partial charge in [0.15, 0.2) is 0 Å². The van der Waals surface area contributed by atoms with Gasteiger partial charge in [0, 0.05) is 12.8 Å². The van der Waals surface area contributed by atoms with Crippen LogP contribution in [0.1, 0.15) is 23.6 Å². The molecule has 0 aliphatic carbocycles. The quantitative estimate of drug-likeness (QED) is 0.465. The van der Waals surface area contributed by atoms with Crippen LogP contribution in [0.2, 0.25) is 0 Å². The summed E-state index contributed by atoms with van der Waals surface area (Å²) in [6.07, 6.45) is 2.98. The van der Waals surface area contributed by atoms with Crippen LogP contribution in [0.25, 0.3) is 5.69 Å². The SMILES string of the molecule is CCc1ccccc1/N=C(/SC)SCc1c(C)cccc1-n1nnn(C)c1=O.